The fourth-order valence-corrected chi connectivity index (χ4v) is 1.16. The van der Waals surface area contributed by atoms with Crippen LogP contribution in [-0.4, -0.2) is 17.1 Å². The third kappa shape index (κ3) is 2.27. The molecule has 0 spiro atoms. The number of rotatable bonds is 4. The van der Waals surface area contributed by atoms with Gasteiger partial charge >= 0.3 is 0 Å². The van der Waals surface area contributed by atoms with E-state index in [1.54, 1.807) is 12.1 Å². The summed E-state index contributed by atoms with van der Waals surface area (Å²) in [5.74, 6) is 0. The van der Waals surface area contributed by atoms with Gasteiger partial charge in [-0.25, -0.2) is 0 Å². The Hall–Kier alpha value is -1.46. The van der Waals surface area contributed by atoms with E-state index in [2.05, 4.69) is 0 Å². The van der Waals surface area contributed by atoms with E-state index in [-0.39, 0.29) is 18.9 Å². The van der Waals surface area contributed by atoms with E-state index in [4.69, 9.17) is 9.84 Å². The van der Waals surface area contributed by atoms with Gasteiger partial charge in [-0.2, -0.15) is 0 Å². The number of aliphatic hydroxyl groups is 1. The van der Waals surface area contributed by atoms with Crippen molar-refractivity contribution in [1.29, 1.82) is 0 Å². The van der Waals surface area contributed by atoms with Gasteiger partial charge in [0.2, 0.25) is 0 Å². The molecular weight excluding hydrogens is 186 g/mol. The minimum atomic E-state index is -0.479. The Bertz CT molecular complexity index is 338. The van der Waals surface area contributed by atoms with E-state index < -0.39 is 4.92 Å². The molecule has 1 aromatic rings. The first-order valence-corrected chi connectivity index (χ1v) is 4.05. The highest BCUT2D eigenvalue weighted by molar-refractivity contribution is 5.42. The second-order valence-electron chi connectivity index (χ2n) is 2.81. The third-order valence-corrected chi connectivity index (χ3v) is 1.83. The smallest absolute Gasteiger partial charge is 0.275 e. The normalized spacial score (nSPS) is 10.1. The Morgan fingerprint density at radius 2 is 2.29 bits per heavy atom. The van der Waals surface area contributed by atoms with Gasteiger partial charge < -0.3 is 9.84 Å². The Morgan fingerprint density at radius 3 is 2.79 bits per heavy atom. The topological polar surface area (TPSA) is 72.6 Å². The van der Waals surface area contributed by atoms with Gasteiger partial charge in [-0.15, -0.1) is 0 Å². The lowest BCUT2D eigenvalue weighted by Gasteiger charge is -2.03. The SMILES string of the molecule is COCc1ccc(CO)cc1[N+](=O)[O-]. The maximum atomic E-state index is 10.6. The summed E-state index contributed by atoms with van der Waals surface area (Å²) < 4.78 is 4.83. The van der Waals surface area contributed by atoms with Gasteiger partial charge in [0.05, 0.1) is 23.7 Å². The lowest BCUT2D eigenvalue weighted by atomic mass is 10.1. The molecule has 1 N–H and O–H groups in total. The minimum Gasteiger partial charge on any atom is -0.392 e. The maximum absolute atomic E-state index is 10.6. The van der Waals surface area contributed by atoms with Crippen LogP contribution < -0.4 is 0 Å². The predicted molar refractivity (Wildman–Crippen MR) is 49.7 cm³/mol. The van der Waals surface area contributed by atoms with Gasteiger partial charge in [0.25, 0.3) is 5.69 Å². The van der Waals surface area contributed by atoms with E-state index in [0.29, 0.717) is 11.1 Å². The molecule has 0 aliphatic carbocycles. The van der Waals surface area contributed by atoms with E-state index in [1.165, 1.54) is 13.2 Å². The second kappa shape index (κ2) is 4.69. The van der Waals surface area contributed by atoms with Crippen molar-refractivity contribution < 1.29 is 14.8 Å². The van der Waals surface area contributed by atoms with Crippen molar-refractivity contribution in [2.45, 2.75) is 13.2 Å². The van der Waals surface area contributed by atoms with Crippen LogP contribution in [0.4, 0.5) is 5.69 Å². The molecule has 0 aliphatic heterocycles. The van der Waals surface area contributed by atoms with E-state index in [0.717, 1.165) is 0 Å². The number of nitro groups is 1. The quantitative estimate of drug-likeness (QED) is 0.582. The molecule has 5 nitrogen and oxygen atoms in total. The van der Waals surface area contributed by atoms with Crippen molar-refractivity contribution in [2.24, 2.45) is 0 Å². The second-order valence-corrected chi connectivity index (χ2v) is 2.81. The molecule has 0 saturated carbocycles. The van der Waals surface area contributed by atoms with Crippen LogP contribution in [0, 0.1) is 10.1 Å². The van der Waals surface area contributed by atoms with Crippen LogP contribution in [-0.2, 0) is 18.0 Å². The number of methoxy groups -OCH3 is 1. The highest BCUT2D eigenvalue weighted by atomic mass is 16.6. The standard InChI is InChI=1S/C9H11NO4/c1-14-6-8-3-2-7(5-11)4-9(8)10(12)13/h2-4,11H,5-6H2,1H3. The van der Waals surface area contributed by atoms with Crippen molar-refractivity contribution in [2.75, 3.05) is 7.11 Å². The van der Waals surface area contributed by atoms with E-state index in [9.17, 15) is 10.1 Å². The summed E-state index contributed by atoms with van der Waals surface area (Å²) in [5, 5.41) is 19.4. The number of hydrogen-bond acceptors (Lipinski definition) is 4. The highest BCUT2D eigenvalue weighted by Crippen LogP contribution is 2.20. The molecule has 0 bridgehead atoms. The zero-order valence-corrected chi connectivity index (χ0v) is 7.77. The summed E-state index contributed by atoms with van der Waals surface area (Å²) in [7, 11) is 1.48. The summed E-state index contributed by atoms with van der Waals surface area (Å²) >= 11 is 0. The molecule has 0 saturated heterocycles. The van der Waals surface area contributed by atoms with E-state index >= 15 is 0 Å². The van der Waals surface area contributed by atoms with Crippen LogP contribution in [0.1, 0.15) is 11.1 Å². The molecule has 1 rings (SSSR count). The van der Waals surface area contributed by atoms with Crippen molar-refractivity contribution in [3.63, 3.8) is 0 Å². The molecule has 0 aliphatic rings. The fraction of sp³-hybridized carbons (Fsp3) is 0.333. The van der Waals surface area contributed by atoms with Crippen LogP contribution in [0.3, 0.4) is 0 Å². The third-order valence-electron chi connectivity index (χ3n) is 1.83. The summed E-state index contributed by atoms with van der Waals surface area (Å²) in [6.07, 6.45) is 0. The maximum Gasteiger partial charge on any atom is 0.275 e. The first kappa shape index (κ1) is 10.6. The Kier molecular flexibility index (Phi) is 3.55. The van der Waals surface area contributed by atoms with Gasteiger partial charge in [0, 0.05) is 13.2 Å². The summed E-state index contributed by atoms with van der Waals surface area (Å²) in [6.45, 7) is -0.00385. The number of nitro benzene ring substituents is 1. The number of nitrogens with zero attached hydrogens (tertiary/aromatic N) is 1. The zero-order chi connectivity index (χ0) is 10.6. The van der Waals surface area contributed by atoms with Gasteiger partial charge in [0.15, 0.2) is 0 Å². The Morgan fingerprint density at radius 1 is 1.57 bits per heavy atom. The van der Waals surface area contributed by atoms with Gasteiger partial charge in [-0.3, -0.25) is 10.1 Å². The summed E-state index contributed by atoms with van der Waals surface area (Å²) in [6, 6.07) is 4.59. The van der Waals surface area contributed by atoms with Crippen LogP contribution in [0.25, 0.3) is 0 Å². The van der Waals surface area contributed by atoms with E-state index in [1.807, 2.05) is 0 Å². The predicted octanol–water partition coefficient (Wildman–Crippen LogP) is 1.23. The molecule has 0 amide bonds. The molecule has 76 valence electrons. The van der Waals surface area contributed by atoms with Crippen molar-refractivity contribution in [1.82, 2.24) is 0 Å². The monoisotopic (exact) mass is 197 g/mol. The Balaban J connectivity index is 3.10. The van der Waals surface area contributed by atoms with Crippen molar-refractivity contribution >= 4 is 5.69 Å². The van der Waals surface area contributed by atoms with Crippen molar-refractivity contribution in [3.05, 3.63) is 39.4 Å². The average Bonchev–Trinajstić information content (AvgIpc) is 2.18. The van der Waals surface area contributed by atoms with Crippen LogP contribution in [0.2, 0.25) is 0 Å². The molecule has 14 heavy (non-hydrogen) atoms. The molecule has 0 aromatic heterocycles. The Labute approximate surface area is 81.1 Å². The molecule has 0 fully saturated rings. The van der Waals surface area contributed by atoms with Gasteiger partial charge in [0.1, 0.15) is 0 Å². The molecule has 0 radical (unpaired) electrons. The average molecular weight is 197 g/mol. The van der Waals surface area contributed by atoms with Gasteiger partial charge in [-0.1, -0.05) is 6.07 Å². The molecule has 0 heterocycles. The molecule has 0 unspecified atom stereocenters. The minimum absolute atomic E-state index is 0.0154. The number of ether oxygens (including phenoxy) is 1. The number of aliphatic hydroxyl groups excluding tert-OH is 1. The van der Waals surface area contributed by atoms with Gasteiger partial charge in [-0.05, 0) is 11.6 Å². The fourth-order valence-electron chi connectivity index (χ4n) is 1.16. The molecule has 1 aromatic carbocycles. The summed E-state index contributed by atoms with van der Waals surface area (Å²) in [4.78, 5) is 10.2. The lowest BCUT2D eigenvalue weighted by Crippen LogP contribution is -1.98. The van der Waals surface area contributed by atoms with Crippen LogP contribution >= 0.6 is 0 Å². The highest BCUT2D eigenvalue weighted by Gasteiger charge is 2.13. The molecule has 0 atom stereocenters. The number of benzene rings is 1. The zero-order valence-electron chi connectivity index (χ0n) is 7.77. The first-order valence-electron chi connectivity index (χ1n) is 4.05. The van der Waals surface area contributed by atoms with Crippen LogP contribution in [0.5, 0.6) is 0 Å². The largest absolute Gasteiger partial charge is 0.392 e. The molecular formula is C9H11NO4. The lowest BCUT2D eigenvalue weighted by molar-refractivity contribution is -0.386. The molecule has 5 heteroatoms. The first-order chi connectivity index (χ1) is 6.69. The number of hydrogen-bond donors (Lipinski definition) is 1. The van der Waals surface area contributed by atoms with Crippen molar-refractivity contribution in [3.8, 4) is 0 Å². The summed E-state index contributed by atoms with van der Waals surface area (Å²) in [5.41, 5.74) is 1.02. The van der Waals surface area contributed by atoms with Crippen LogP contribution in [0.15, 0.2) is 18.2 Å².